The minimum absolute atomic E-state index is 0.547. The van der Waals surface area contributed by atoms with Crippen LogP contribution in [0.3, 0.4) is 0 Å². The molecule has 1 aliphatic heterocycles. The zero-order valence-electron chi connectivity index (χ0n) is 6.64. The Morgan fingerprint density at radius 1 is 1.29 bits per heavy atom. The third kappa shape index (κ3) is 1.31. The highest BCUT2D eigenvalue weighted by Gasteiger charge is 2.46. The van der Waals surface area contributed by atoms with Crippen LogP contribution in [-0.4, -0.2) is 6.54 Å². The Kier molecular flexibility index (Phi) is 1.88. The molecule has 14 heavy (non-hydrogen) atoms. The van der Waals surface area contributed by atoms with Gasteiger partial charge in [-0.15, -0.1) is 0 Å². The second-order valence-corrected chi connectivity index (χ2v) is 2.64. The minimum atomic E-state index is -4.00. The van der Waals surface area contributed by atoms with E-state index in [9.17, 15) is 17.6 Å². The molecule has 76 valence electrons. The predicted molar refractivity (Wildman–Crippen MR) is 36.9 cm³/mol. The van der Waals surface area contributed by atoms with Crippen LogP contribution < -0.4 is 4.74 Å². The van der Waals surface area contributed by atoms with Crippen LogP contribution in [0.4, 0.5) is 17.6 Å². The number of alkyl halides is 3. The molecule has 2 rings (SSSR count). The summed E-state index contributed by atoms with van der Waals surface area (Å²) in [6, 6.07) is 3.00. The van der Waals surface area contributed by atoms with Crippen LogP contribution >= 0.6 is 0 Å². The minimum Gasteiger partial charge on any atom is -0.437 e. The van der Waals surface area contributed by atoms with Gasteiger partial charge in [0.2, 0.25) is 0 Å². The summed E-state index contributed by atoms with van der Waals surface area (Å²) < 4.78 is 59.0. The number of hydrogen-bond acceptors (Lipinski definition) is 2. The Balaban J connectivity index is 2.58. The lowest BCUT2D eigenvalue weighted by Crippen LogP contribution is -2.33. The van der Waals surface area contributed by atoms with E-state index in [-0.39, 0.29) is 0 Å². The van der Waals surface area contributed by atoms with E-state index < -0.39 is 29.8 Å². The van der Waals surface area contributed by atoms with E-state index in [2.05, 4.69) is 9.47 Å². The number of fused-ring (bicyclic) bond motifs is 1. The summed E-state index contributed by atoms with van der Waals surface area (Å²) in [5.41, 5.74) is -1.08. The van der Waals surface area contributed by atoms with Crippen molar-refractivity contribution >= 4 is 0 Å². The number of rotatable bonds is 0. The molecule has 0 fully saturated rings. The van der Waals surface area contributed by atoms with Gasteiger partial charge in [0.25, 0.3) is 0 Å². The van der Waals surface area contributed by atoms with Crippen molar-refractivity contribution in [1.82, 2.24) is 0 Å². The fourth-order valence-electron chi connectivity index (χ4n) is 1.18. The van der Waals surface area contributed by atoms with Crippen LogP contribution in [0.25, 0.3) is 0 Å². The Labute approximate surface area is 76.0 Å². The monoisotopic (exact) mass is 208 g/mol. The molecule has 1 aromatic rings. The molecule has 0 radical (unpaired) electrons. The molecule has 0 saturated carbocycles. The predicted octanol–water partition coefficient (Wildman–Crippen LogP) is 2.54. The lowest BCUT2D eigenvalue weighted by molar-refractivity contribution is -0.356. The van der Waals surface area contributed by atoms with Crippen LogP contribution in [0.1, 0.15) is 5.56 Å². The zero-order valence-corrected chi connectivity index (χ0v) is 6.64. The van der Waals surface area contributed by atoms with Crippen molar-refractivity contribution in [3.05, 3.63) is 29.6 Å². The molecule has 1 atom stereocenters. The summed E-state index contributed by atoms with van der Waals surface area (Å²) in [6.45, 7) is -2.58. The van der Waals surface area contributed by atoms with E-state index >= 15 is 0 Å². The Morgan fingerprint density at radius 2 is 2.00 bits per heavy atom. The standard InChI is InChI=1S/C8H4F4O2/c9-4-2-1-3-5-6(4)8(11,12)14-7(10)13-5/h1-3,7H. The first-order valence-electron chi connectivity index (χ1n) is 3.66. The summed E-state index contributed by atoms with van der Waals surface area (Å²) in [5.74, 6) is -1.74. The molecule has 1 aromatic carbocycles. The lowest BCUT2D eigenvalue weighted by atomic mass is 10.1. The Morgan fingerprint density at radius 3 is 2.71 bits per heavy atom. The molecule has 0 bridgehead atoms. The van der Waals surface area contributed by atoms with Crippen molar-refractivity contribution < 1.29 is 27.0 Å². The summed E-state index contributed by atoms with van der Waals surface area (Å²) >= 11 is 0. The Bertz CT molecular complexity index is 366. The fraction of sp³-hybridized carbons (Fsp3) is 0.250. The van der Waals surface area contributed by atoms with Gasteiger partial charge in [-0.3, -0.25) is 0 Å². The molecule has 1 heterocycles. The fourth-order valence-corrected chi connectivity index (χ4v) is 1.18. The summed E-state index contributed by atoms with van der Waals surface area (Å²) in [5, 5.41) is 0. The number of hydrogen-bond donors (Lipinski definition) is 0. The van der Waals surface area contributed by atoms with Crippen molar-refractivity contribution in [3.63, 3.8) is 0 Å². The molecule has 6 heteroatoms. The highest BCUT2D eigenvalue weighted by molar-refractivity contribution is 5.37. The topological polar surface area (TPSA) is 18.5 Å². The molecule has 0 saturated heterocycles. The highest BCUT2D eigenvalue weighted by Crippen LogP contribution is 2.42. The third-order valence-corrected chi connectivity index (χ3v) is 1.73. The van der Waals surface area contributed by atoms with E-state index in [1.807, 2.05) is 0 Å². The SMILES string of the molecule is Fc1cccc2c1C(F)(F)OC(F)O2. The molecule has 1 unspecified atom stereocenters. The van der Waals surface area contributed by atoms with E-state index in [4.69, 9.17) is 0 Å². The molecular weight excluding hydrogens is 204 g/mol. The summed E-state index contributed by atoms with van der Waals surface area (Å²) in [6.07, 6.45) is -4.00. The van der Waals surface area contributed by atoms with Crippen LogP contribution in [0.2, 0.25) is 0 Å². The van der Waals surface area contributed by atoms with E-state index in [0.29, 0.717) is 0 Å². The van der Waals surface area contributed by atoms with E-state index in [0.717, 1.165) is 18.2 Å². The molecule has 0 spiro atoms. The molecular formula is C8H4F4O2. The van der Waals surface area contributed by atoms with Crippen LogP contribution in [0.5, 0.6) is 5.75 Å². The maximum Gasteiger partial charge on any atom is 0.394 e. The smallest absolute Gasteiger partial charge is 0.394 e. The summed E-state index contributed by atoms with van der Waals surface area (Å²) in [7, 11) is 0. The van der Waals surface area contributed by atoms with Gasteiger partial charge in [-0.2, -0.15) is 13.2 Å². The maximum absolute atomic E-state index is 12.9. The largest absolute Gasteiger partial charge is 0.437 e. The van der Waals surface area contributed by atoms with Gasteiger partial charge in [0.15, 0.2) is 0 Å². The van der Waals surface area contributed by atoms with E-state index in [1.54, 1.807) is 0 Å². The zero-order chi connectivity index (χ0) is 10.3. The van der Waals surface area contributed by atoms with Gasteiger partial charge in [0.05, 0.1) is 0 Å². The number of ether oxygens (including phenoxy) is 2. The van der Waals surface area contributed by atoms with E-state index in [1.165, 1.54) is 0 Å². The lowest BCUT2D eigenvalue weighted by Gasteiger charge is -2.27. The first-order chi connectivity index (χ1) is 6.50. The van der Waals surface area contributed by atoms with Crippen molar-refractivity contribution in [2.24, 2.45) is 0 Å². The molecule has 0 N–H and O–H groups in total. The summed E-state index contributed by atoms with van der Waals surface area (Å²) in [4.78, 5) is 0. The van der Waals surface area contributed by atoms with Crippen LogP contribution in [0.15, 0.2) is 18.2 Å². The molecule has 2 nitrogen and oxygen atoms in total. The Hall–Kier alpha value is -1.30. The van der Waals surface area contributed by atoms with Gasteiger partial charge in [-0.05, 0) is 12.1 Å². The van der Waals surface area contributed by atoms with Gasteiger partial charge in [-0.1, -0.05) is 6.07 Å². The van der Waals surface area contributed by atoms with Crippen molar-refractivity contribution in [2.45, 2.75) is 12.7 Å². The van der Waals surface area contributed by atoms with Crippen LogP contribution in [0, 0.1) is 5.82 Å². The van der Waals surface area contributed by atoms with Gasteiger partial charge in [0.1, 0.15) is 17.1 Å². The molecule has 1 aliphatic rings. The normalized spacial score (nSPS) is 23.9. The molecule has 0 aromatic heterocycles. The third-order valence-electron chi connectivity index (χ3n) is 1.73. The van der Waals surface area contributed by atoms with Crippen molar-refractivity contribution in [3.8, 4) is 5.75 Å². The molecule has 0 aliphatic carbocycles. The van der Waals surface area contributed by atoms with Crippen LogP contribution in [-0.2, 0) is 10.8 Å². The highest BCUT2D eigenvalue weighted by atomic mass is 19.3. The first kappa shape index (κ1) is 9.26. The molecule has 0 amide bonds. The average Bonchev–Trinajstić information content (AvgIpc) is 2.00. The number of halogens is 4. The second kappa shape index (κ2) is 2.84. The van der Waals surface area contributed by atoms with Crippen molar-refractivity contribution in [1.29, 1.82) is 0 Å². The first-order valence-corrected chi connectivity index (χ1v) is 3.66. The van der Waals surface area contributed by atoms with Gasteiger partial charge < -0.3 is 4.74 Å². The second-order valence-electron chi connectivity index (χ2n) is 2.64. The number of benzene rings is 1. The van der Waals surface area contributed by atoms with Gasteiger partial charge >= 0.3 is 12.7 Å². The van der Waals surface area contributed by atoms with Gasteiger partial charge in [0, 0.05) is 0 Å². The average molecular weight is 208 g/mol. The maximum atomic E-state index is 12.9. The van der Waals surface area contributed by atoms with Crippen molar-refractivity contribution in [2.75, 3.05) is 0 Å². The van der Waals surface area contributed by atoms with Gasteiger partial charge in [-0.25, -0.2) is 9.13 Å². The quantitative estimate of drug-likeness (QED) is 0.610.